The van der Waals surface area contributed by atoms with Gasteiger partial charge >= 0.3 is 5.69 Å². The van der Waals surface area contributed by atoms with Crippen LogP contribution in [0.1, 0.15) is 0 Å². The van der Waals surface area contributed by atoms with Crippen molar-refractivity contribution < 1.29 is 9.66 Å². The fraction of sp³-hybridized carbons (Fsp3) is 0.0909. The molecule has 0 radical (unpaired) electrons. The molecule has 94 valence electrons. The van der Waals surface area contributed by atoms with Gasteiger partial charge in [0.05, 0.1) is 4.92 Å². The van der Waals surface area contributed by atoms with Crippen molar-refractivity contribution in [1.29, 1.82) is 0 Å². The first-order valence-corrected chi connectivity index (χ1v) is 5.36. The highest BCUT2D eigenvalue weighted by Gasteiger charge is 2.29. The normalized spacial score (nSPS) is 19.7. The Balaban J connectivity index is 1.92. The zero-order valence-corrected chi connectivity index (χ0v) is 9.50. The van der Waals surface area contributed by atoms with E-state index in [1.165, 1.54) is 24.8 Å². The zero-order valence-electron chi connectivity index (χ0n) is 9.50. The van der Waals surface area contributed by atoms with Crippen molar-refractivity contribution in [3.05, 3.63) is 34.4 Å². The van der Waals surface area contributed by atoms with Crippen LogP contribution in [-0.4, -0.2) is 35.4 Å². The van der Waals surface area contributed by atoms with Crippen molar-refractivity contribution in [1.82, 2.24) is 0 Å². The minimum absolute atomic E-state index is 0.114. The van der Waals surface area contributed by atoms with Gasteiger partial charge in [-0.05, 0) is 6.07 Å². The quantitative estimate of drug-likeness (QED) is 0.587. The molecule has 2 aliphatic rings. The van der Waals surface area contributed by atoms with Crippen LogP contribution in [-0.2, 0) is 0 Å². The van der Waals surface area contributed by atoms with Gasteiger partial charge in [-0.15, -0.1) is 0 Å². The molecule has 8 heteroatoms. The second kappa shape index (κ2) is 4.41. The second-order valence-electron chi connectivity index (χ2n) is 3.69. The highest BCUT2D eigenvalue weighted by Crippen LogP contribution is 2.27. The second-order valence-corrected chi connectivity index (χ2v) is 3.69. The van der Waals surface area contributed by atoms with Crippen LogP contribution in [0.5, 0.6) is 5.75 Å². The molecular formula is C11H7N5O3. The number of ether oxygens (including phenoxy) is 1. The van der Waals surface area contributed by atoms with Crippen LogP contribution in [0.4, 0.5) is 5.69 Å². The number of nitrogens with zero attached hydrogens (tertiary/aromatic N) is 5. The number of hydrogen-bond acceptors (Lipinski definition) is 7. The summed E-state index contributed by atoms with van der Waals surface area (Å²) in [5, 5.41) is 10.9. The number of para-hydroxylation sites is 2. The summed E-state index contributed by atoms with van der Waals surface area (Å²) in [6, 6.07) is 5.55. The fourth-order valence-electron chi connectivity index (χ4n) is 1.68. The fourth-order valence-corrected chi connectivity index (χ4v) is 1.68. The Labute approximate surface area is 107 Å². The van der Waals surface area contributed by atoms with E-state index >= 15 is 0 Å². The van der Waals surface area contributed by atoms with Gasteiger partial charge in [0.25, 0.3) is 0 Å². The summed E-state index contributed by atoms with van der Waals surface area (Å²) < 4.78 is 5.48. The van der Waals surface area contributed by atoms with Crippen LogP contribution < -0.4 is 4.74 Å². The first-order valence-electron chi connectivity index (χ1n) is 5.36. The van der Waals surface area contributed by atoms with Gasteiger partial charge in [0, 0.05) is 6.07 Å². The number of rotatable bonds is 2. The summed E-state index contributed by atoms with van der Waals surface area (Å²) in [5.74, 6) is 0.795. The number of benzene rings is 1. The molecule has 1 aromatic carbocycles. The molecule has 0 bridgehead atoms. The van der Waals surface area contributed by atoms with Crippen LogP contribution in [0.15, 0.2) is 44.2 Å². The van der Waals surface area contributed by atoms with Crippen LogP contribution in [0.3, 0.4) is 0 Å². The molecule has 1 unspecified atom stereocenters. The van der Waals surface area contributed by atoms with E-state index < -0.39 is 11.0 Å². The molecule has 19 heavy (non-hydrogen) atoms. The van der Waals surface area contributed by atoms with Crippen molar-refractivity contribution in [2.45, 2.75) is 6.04 Å². The minimum atomic E-state index is -0.523. The average molecular weight is 257 g/mol. The van der Waals surface area contributed by atoms with Crippen molar-refractivity contribution in [3.8, 4) is 5.75 Å². The summed E-state index contributed by atoms with van der Waals surface area (Å²) >= 11 is 0. The topological polar surface area (TPSA) is 102 Å². The molecule has 0 aliphatic carbocycles. The lowest BCUT2D eigenvalue weighted by atomic mass is 10.2. The standard InChI is InChI=1S/C11H7N5O3/c17-16(18)7-3-1-2-4-8(7)19-11-9-10(13-5-12-9)14-6-15-11/h1-6,9H. The summed E-state index contributed by atoms with van der Waals surface area (Å²) in [5.41, 5.74) is -0.131. The Morgan fingerprint density at radius 1 is 1.21 bits per heavy atom. The average Bonchev–Trinajstić information content (AvgIpc) is 2.88. The minimum Gasteiger partial charge on any atom is -0.433 e. The van der Waals surface area contributed by atoms with E-state index in [9.17, 15) is 10.1 Å². The lowest BCUT2D eigenvalue weighted by Crippen LogP contribution is -2.32. The molecule has 0 aromatic heterocycles. The van der Waals surface area contributed by atoms with Crippen LogP contribution >= 0.6 is 0 Å². The maximum Gasteiger partial charge on any atom is 0.311 e. The Kier molecular flexibility index (Phi) is 2.60. The predicted octanol–water partition coefficient (Wildman–Crippen LogP) is 1.22. The Morgan fingerprint density at radius 3 is 2.89 bits per heavy atom. The summed E-state index contributed by atoms with van der Waals surface area (Å²) in [6.07, 6.45) is 2.65. The van der Waals surface area contributed by atoms with Gasteiger partial charge in [-0.25, -0.2) is 15.0 Å². The van der Waals surface area contributed by atoms with E-state index in [0.29, 0.717) is 5.84 Å². The predicted molar refractivity (Wildman–Crippen MR) is 69.4 cm³/mol. The van der Waals surface area contributed by atoms with E-state index in [2.05, 4.69) is 20.0 Å². The monoisotopic (exact) mass is 257 g/mol. The molecule has 0 saturated carbocycles. The van der Waals surface area contributed by atoms with E-state index in [1.54, 1.807) is 12.1 Å². The van der Waals surface area contributed by atoms with Gasteiger partial charge in [0.2, 0.25) is 11.6 Å². The van der Waals surface area contributed by atoms with E-state index in [1.807, 2.05) is 0 Å². The van der Waals surface area contributed by atoms with Crippen LogP contribution in [0.2, 0.25) is 0 Å². The summed E-state index contributed by atoms with van der Waals surface area (Å²) in [6.45, 7) is 0. The third kappa shape index (κ3) is 1.99. The first-order chi connectivity index (χ1) is 9.25. The smallest absolute Gasteiger partial charge is 0.311 e. The molecular weight excluding hydrogens is 250 g/mol. The number of hydrogen-bond donors (Lipinski definition) is 0. The SMILES string of the molecule is O=[N+]([O-])c1ccccc1OC1=NC=NC2=NC=NC21. The van der Waals surface area contributed by atoms with Gasteiger partial charge in [-0.2, -0.15) is 0 Å². The number of nitro groups is 1. The molecule has 1 aromatic rings. The number of nitro benzene ring substituents is 1. The van der Waals surface area contributed by atoms with Crippen LogP contribution in [0.25, 0.3) is 0 Å². The Hall–Kier alpha value is -2.90. The van der Waals surface area contributed by atoms with Crippen molar-refractivity contribution >= 4 is 30.1 Å². The molecule has 0 amide bonds. The number of fused-ring (bicyclic) bond motifs is 1. The highest BCUT2D eigenvalue weighted by atomic mass is 16.6. The molecule has 8 nitrogen and oxygen atoms in total. The van der Waals surface area contributed by atoms with Gasteiger partial charge < -0.3 is 4.74 Å². The van der Waals surface area contributed by atoms with Crippen LogP contribution in [0, 0.1) is 10.1 Å². The Bertz CT molecular complexity index is 662. The van der Waals surface area contributed by atoms with Crippen molar-refractivity contribution in [3.63, 3.8) is 0 Å². The molecule has 3 rings (SSSR count). The maximum absolute atomic E-state index is 10.9. The van der Waals surface area contributed by atoms with Crippen molar-refractivity contribution in [2.75, 3.05) is 0 Å². The van der Waals surface area contributed by atoms with Gasteiger partial charge in [-0.3, -0.25) is 15.1 Å². The van der Waals surface area contributed by atoms with E-state index in [4.69, 9.17) is 4.74 Å². The largest absolute Gasteiger partial charge is 0.433 e. The Morgan fingerprint density at radius 2 is 2.05 bits per heavy atom. The third-order valence-electron chi connectivity index (χ3n) is 2.54. The zero-order chi connectivity index (χ0) is 13.2. The molecule has 0 spiro atoms. The lowest BCUT2D eigenvalue weighted by molar-refractivity contribution is -0.385. The maximum atomic E-state index is 10.9. The van der Waals surface area contributed by atoms with Crippen molar-refractivity contribution in [2.24, 2.45) is 20.0 Å². The summed E-state index contributed by atoms with van der Waals surface area (Å²) in [7, 11) is 0. The molecule has 1 atom stereocenters. The first kappa shape index (κ1) is 11.2. The van der Waals surface area contributed by atoms with Gasteiger partial charge in [-0.1, -0.05) is 12.1 Å². The lowest BCUT2D eigenvalue weighted by Gasteiger charge is -2.14. The molecule has 0 N–H and O–H groups in total. The molecule has 0 fully saturated rings. The molecule has 2 aliphatic heterocycles. The number of aliphatic imine (C=N–C) groups is 4. The van der Waals surface area contributed by atoms with E-state index in [-0.39, 0.29) is 17.3 Å². The van der Waals surface area contributed by atoms with Gasteiger partial charge in [0.1, 0.15) is 12.7 Å². The third-order valence-corrected chi connectivity index (χ3v) is 2.54. The highest BCUT2D eigenvalue weighted by molar-refractivity contribution is 6.18. The number of amidine groups is 1. The summed E-state index contributed by atoms with van der Waals surface area (Å²) in [4.78, 5) is 26.3. The molecule has 2 heterocycles. The molecule has 0 saturated heterocycles. The van der Waals surface area contributed by atoms with E-state index in [0.717, 1.165) is 0 Å². The van der Waals surface area contributed by atoms with Gasteiger partial charge in [0.15, 0.2) is 11.9 Å².